The molecule has 3 heterocycles. The van der Waals surface area contributed by atoms with Crippen LogP contribution < -0.4 is 20.5 Å². The zero-order valence-corrected chi connectivity index (χ0v) is 24.1. The normalized spacial score (nSPS) is 19.3. The summed E-state index contributed by atoms with van der Waals surface area (Å²) in [6.07, 6.45) is 4.78. The fourth-order valence-corrected chi connectivity index (χ4v) is 6.53. The molecule has 2 fully saturated rings. The SMILES string of the molecule is CNC(=O)c1ccc(N2CCN(C3CCC(c4cc5cccc(F)c5c(=O)n4Cc4ccc(OC)cc4)C3)CC2)cn1. The summed E-state index contributed by atoms with van der Waals surface area (Å²) in [6.45, 7) is 4.04. The van der Waals surface area contributed by atoms with Crippen LogP contribution in [-0.4, -0.2) is 66.7 Å². The average Bonchev–Trinajstić information content (AvgIpc) is 3.53. The molecule has 0 radical (unpaired) electrons. The smallest absolute Gasteiger partial charge is 0.269 e. The van der Waals surface area contributed by atoms with Gasteiger partial charge in [-0.1, -0.05) is 24.3 Å². The van der Waals surface area contributed by atoms with Crippen LogP contribution in [0.25, 0.3) is 10.8 Å². The second-order valence-corrected chi connectivity index (χ2v) is 11.2. The van der Waals surface area contributed by atoms with Crippen LogP contribution in [-0.2, 0) is 6.54 Å². The molecule has 42 heavy (non-hydrogen) atoms. The van der Waals surface area contributed by atoms with Gasteiger partial charge in [-0.15, -0.1) is 0 Å². The maximum atomic E-state index is 14.8. The van der Waals surface area contributed by atoms with Crippen LogP contribution in [0.3, 0.4) is 0 Å². The van der Waals surface area contributed by atoms with Gasteiger partial charge in [0.25, 0.3) is 11.5 Å². The van der Waals surface area contributed by atoms with Crippen molar-refractivity contribution < 1.29 is 13.9 Å². The van der Waals surface area contributed by atoms with Crippen LogP contribution in [0, 0.1) is 5.82 Å². The molecule has 8 nitrogen and oxygen atoms in total. The number of methoxy groups -OCH3 is 1. The molecule has 2 unspecified atom stereocenters. The monoisotopic (exact) mass is 569 g/mol. The molecule has 1 aliphatic carbocycles. The number of halogens is 1. The number of nitrogens with one attached hydrogen (secondary N) is 1. The predicted octanol–water partition coefficient (Wildman–Crippen LogP) is 4.41. The lowest BCUT2D eigenvalue weighted by molar-refractivity contribution is 0.0958. The maximum Gasteiger partial charge on any atom is 0.269 e. The summed E-state index contributed by atoms with van der Waals surface area (Å²) in [5.41, 5.74) is 3.12. The molecule has 1 saturated carbocycles. The molecule has 1 aliphatic heterocycles. The third-order valence-corrected chi connectivity index (χ3v) is 8.85. The Kier molecular flexibility index (Phi) is 7.93. The van der Waals surface area contributed by atoms with Gasteiger partial charge in [-0.05, 0) is 66.6 Å². The van der Waals surface area contributed by atoms with Crippen LogP contribution in [0.15, 0.2) is 71.7 Å². The Bertz CT molecular complexity index is 1630. The molecule has 2 atom stereocenters. The van der Waals surface area contributed by atoms with E-state index in [0.717, 1.165) is 68.1 Å². The van der Waals surface area contributed by atoms with Crippen molar-refractivity contribution in [2.75, 3.05) is 45.2 Å². The van der Waals surface area contributed by atoms with E-state index in [4.69, 9.17) is 4.74 Å². The lowest BCUT2D eigenvalue weighted by atomic mass is 9.98. The molecule has 218 valence electrons. The highest BCUT2D eigenvalue weighted by Crippen LogP contribution is 2.38. The largest absolute Gasteiger partial charge is 0.497 e. The van der Waals surface area contributed by atoms with E-state index in [1.807, 2.05) is 42.5 Å². The van der Waals surface area contributed by atoms with Crippen molar-refractivity contribution in [1.29, 1.82) is 0 Å². The minimum atomic E-state index is -0.479. The quantitative estimate of drug-likeness (QED) is 0.355. The fraction of sp³-hybridized carbons (Fsp3) is 0.364. The second kappa shape index (κ2) is 11.9. The number of ether oxygens (including phenoxy) is 1. The first-order chi connectivity index (χ1) is 20.4. The van der Waals surface area contributed by atoms with Crippen molar-refractivity contribution in [3.8, 4) is 5.75 Å². The van der Waals surface area contributed by atoms with Gasteiger partial charge in [-0.25, -0.2) is 9.37 Å². The Morgan fingerprint density at radius 2 is 1.83 bits per heavy atom. The molecular weight excluding hydrogens is 533 g/mol. The van der Waals surface area contributed by atoms with Crippen LogP contribution in [0.2, 0.25) is 0 Å². The van der Waals surface area contributed by atoms with Gasteiger partial charge >= 0.3 is 0 Å². The minimum Gasteiger partial charge on any atom is -0.497 e. The predicted molar refractivity (Wildman–Crippen MR) is 162 cm³/mol. The van der Waals surface area contributed by atoms with Crippen molar-refractivity contribution >= 4 is 22.4 Å². The van der Waals surface area contributed by atoms with E-state index in [2.05, 4.69) is 20.1 Å². The van der Waals surface area contributed by atoms with Gasteiger partial charge in [-0.2, -0.15) is 0 Å². The Morgan fingerprint density at radius 1 is 1.05 bits per heavy atom. The third-order valence-electron chi connectivity index (χ3n) is 8.85. The Hall–Kier alpha value is -4.24. The number of hydrogen-bond acceptors (Lipinski definition) is 6. The van der Waals surface area contributed by atoms with Crippen molar-refractivity contribution in [1.82, 2.24) is 19.8 Å². The zero-order chi connectivity index (χ0) is 29.2. The number of pyridine rings is 2. The highest BCUT2D eigenvalue weighted by Gasteiger charge is 2.34. The van der Waals surface area contributed by atoms with Gasteiger partial charge in [0.2, 0.25) is 0 Å². The summed E-state index contributed by atoms with van der Waals surface area (Å²) in [4.78, 5) is 34.8. The number of carbonyl (C=O) groups excluding carboxylic acids is 1. The molecule has 0 bridgehead atoms. The Labute approximate surface area is 244 Å². The number of amides is 1. The molecule has 9 heteroatoms. The lowest BCUT2D eigenvalue weighted by Gasteiger charge is -2.39. The summed E-state index contributed by atoms with van der Waals surface area (Å²) in [5, 5.41) is 3.42. The van der Waals surface area contributed by atoms with Crippen molar-refractivity contribution in [3.05, 3.63) is 100.0 Å². The average molecular weight is 570 g/mol. The molecule has 2 aliphatic rings. The van der Waals surface area contributed by atoms with E-state index < -0.39 is 5.82 Å². The number of carbonyl (C=O) groups is 1. The maximum absolute atomic E-state index is 14.8. The number of piperazine rings is 1. The molecule has 4 aromatic rings. The van der Waals surface area contributed by atoms with E-state index in [1.54, 1.807) is 37.1 Å². The number of benzene rings is 2. The van der Waals surface area contributed by atoms with Crippen LogP contribution >= 0.6 is 0 Å². The van der Waals surface area contributed by atoms with Gasteiger partial charge in [-0.3, -0.25) is 14.5 Å². The highest BCUT2D eigenvalue weighted by molar-refractivity contribution is 5.92. The number of anilines is 1. The van der Waals surface area contributed by atoms with Gasteiger partial charge in [0.15, 0.2) is 0 Å². The van der Waals surface area contributed by atoms with E-state index in [-0.39, 0.29) is 22.8 Å². The molecule has 1 N–H and O–H groups in total. The number of rotatable bonds is 7. The summed E-state index contributed by atoms with van der Waals surface area (Å²) in [6, 6.07) is 18.8. The van der Waals surface area contributed by atoms with Crippen LogP contribution in [0.4, 0.5) is 10.1 Å². The first-order valence-corrected chi connectivity index (χ1v) is 14.6. The summed E-state index contributed by atoms with van der Waals surface area (Å²) >= 11 is 0. The van der Waals surface area contributed by atoms with Gasteiger partial charge in [0.05, 0.1) is 30.9 Å². The number of fused-ring (bicyclic) bond motifs is 1. The molecule has 2 aromatic heterocycles. The summed E-state index contributed by atoms with van der Waals surface area (Å²) < 4.78 is 21.9. The van der Waals surface area contributed by atoms with Gasteiger partial charge in [0.1, 0.15) is 17.3 Å². The van der Waals surface area contributed by atoms with Crippen LogP contribution in [0.5, 0.6) is 5.75 Å². The highest BCUT2D eigenvalue weighted by atomic mass is 19.1. The van der Waals surface area contributed by atoms with Crippen LogP contribution in [0.1, 0.15) is 46.9 Å². The van der Waals surface area contributed by atoms with Crippen molar-refractivity contribution in [2.24, 2.45) is 0 Å². The van der Waals surface area contributed by atoms with Crippen molar-refractivity contribution in [3.63, 3.8) is 0 Å². The lowest BCUT2D eigenvalue weighted by Crippen LogP contribution is -2.49. The molecule has 1 amide bonds. The fourth-order valence-electron chi connectivity index (χ4n) is 6.53. The number of nitrogens with zero attached hydrogens (tertiary/aromatic N) is 4. The third kappa shape index (κ3) is 5.48. The topological polar surface area (TPSA) is 79.7 Å². The standard InChI is InChI=1S/C33H36FN5O3/c1-35-32(40)29-13-10-26(20-36-29)38-16-14-37(15-17-38)25-9-8-23(18-25)30-19-24-4-3-5-28(34)31(24)33(41)39(30)21-22-6-11-27(42-2)12-7-22/h3-7,10-13,19-20,23,25H,8-9,14-18,21H2,1-2H3,(H,35,40). The first kappa shape index (κ1) is 27.9. The van der Waals surface area contributed by atoms with Gasteiger partial charge in [0, 0.05) is 50.9 Å². The Morgan fingerprint density at radius 3 is 2.52 bits per heavy atom. The zero-order valence-electron chi connectivity index (χ0n) is 24.1. The summed E-state index contributed by atoms with van der Waals surface area (Å²) in [7, 11) is 3.23. The van der Waals surface area contributed by atoms with Gasteiger partial charge < -0.3 is 19.5 Å². The van der Waals surface area contributed by atoms with E-state index in [1.165, 1.54) is 6.07 Å². The van der Waals surface area contributed by atoms with E-state index in [9.17, 15) is 14.0 Å². The Balaban J connectivity index is 1.19. The molecular formula is C33H36FN5O3. The molecule has 6 rings (SSSR count). The first-order valence-electron chi connectivity index (χ1n) is 14.6. The molecule has 1 saturated heterocycles. The minimum absolute atomic E-state index is 0.151. The van der Waals surface area contributed by atoms with E-state index in [0.29, 0.717) is 23.7 Å². The molecule has 0 spiro atoms. The second-order valence-electron chi connectivity index (χ2n) is 11.2. The number of hydrogen-bond donors (Lipinski definition) is 1. The molecule has 2 aromatic carbocycles. The number of aromatic nitrogens is 2. The van der Waals surface area contributed by atoms with E-state index >= 15 is 0 Å². The summed E-state index contributed by atoms with van der Waals surface area (Å²) in [5.74, 6) is 0.307. The van der Waals surface area contributed by atoms with Crippen molar-refractivity contribution in [2.45, 2.75) is 37.8 Å².